The lowest BCUT2D eigenvalue weighted by Gasteiger charge is -2.06. The molecule has 0 aliphatic heterocycles. The molecule has 0 N–H and O–H groups in total. The van der Waals surface area contributed by atoms with Gasteiger partial charge in [-0.15, -0.1) is 11.8 Å². The molecule has 13 heavy (non-hydrogen) atoms. The van der Waals surface area contributed by atoms with Gasteiger partial charge in [-0.2, -0.15) is 0 Å². The molecule has 2 nitrogen and oxygen atoms in total. The summed E-state index contributed by atoms with van der Waals surface area (Å²) in [7, 11) is 0. The molecule has 1 aromatic carbocycles. The van der Waals surface area contributed by atoms with Crippen LogP contribution in [0.5, 0.6) is 5.75 Å². The number of hydrogen-bond acceptors (Lipinski definition) is 3. The van der Waals surface area contributed by atoms with Gasteiger partial charge in [0.05, 0.1) is 0 Å². The topological polar surface area (TPSA) is 26.3 Å². The smallest absolute Gasteiger partial charge is 0.308 e. The molecule has 0 heterocycles. The van der Waals surface area contributed by atoms with Gasteiger partial charge < -0.3 is 4.74 Å². The SMILES string of the molecule is CSc1ccc(C)c(OC(C)=O)c1. The molecule has 0 aromatic heterocycles. The van der Waals surface area contributed by atoms with E-state index in [1.807, 2.05) is 31.4 Å². The van der Waals surface area contributed by atoms with Crippen LogP contribution in [0.2, 0.25) is 0 Å². The molecule has 0 aliphatic carbocycles. The molecular formula is C10H12O2S. The summed E-state index contributed by atoms with van der Waals surface area (Å²) in [4.78, 5) is 11.8. The van der Waals surface area contributed by atoms with Gasteiger partial charge in [-0.1, -0.05) is 6.07 Å². The number of carbonyl (C=O) groups is 1. The molecule has 0 fully saturated rings. The Hall–Kier alpha value is -0.960. The van der Waals surface area contributed by atoms with E-state index in [-0.39, 0.29) is 5.97 Å². The Morgan fingerprint density at radius 3 is 2.69 bits per heavy atom. The fraction of sp³-hybridized carbons (Fsp3) is 0.300. The lowest BCUT2D eigenvalue weighted by molar-refractivity contribution is -0.131. The number of thioether (sulfide) groups is 1. The van der Waals surface area contributed by atoms with Gasteiger partial charge in [-0.25, -0.2) is 0 Å². The van der Waals surface area contributed by atoms with Crippen molar-refractivity contribution >= 4 is 17.7 Å². The minimum atomic E-state index is -0.277. The van der Waals surface area contributed by atoms with Crippen LogP contribution in [0.4, 0.5) is 0 Å². The molecule has 0 unspecified atom stereocenters. The molecule has 0 aliphatic rings. The average Bonchev–Trinajstić information content (AvgIpc) is 2.08. The van der Waals surface area contributed by atoms with Crippen molar-refractivity contribution in [3.05, 3.63) is 23.8 Å². The summed E-state index contributed by atoms with van der Waals surface area (Å²) in [5.74, 6) is 0.376. The summed E-state index contributed by atoms with van der Waals surface area (Å²) in [5.41, 5.74) is 0.980. The zero-order valence-electron chi connectivity index (χ0n) is 7.96. The summed E-state index contributed by atoms with van der Waals surface area (Å²) < 4.78 is 5.04. The van der Waals surface area contributed by atoms with E-state index in [0.717, 1.165) is 10.5 Å². The van der Waals surface area contributed by atoms with Crippen molar-refractivity contribution in [2.45, 2.75) is 18.7 Å². The van der Waals surface area contributed by atoms with Crippen LogP contribution in [-0.4, -0.2) is 12.2 Å². The minimum absolute atomic E-state index is 0.277. The number of esters is 1. The highest BCUT2D eigenvalue weighted by atomic mass is 32.2. The molecule has 0 spiro atoms. The second kappa shape index (κ2) is 4.33. The normalized spacial score (nSPS) is 9.77. The monoisotopic (exact) mass is 196 g/mol. The lowest BCUT2D eigenvalue weighted by Crippen LogP contribution is -2.02. The van der Waals surface area contributed by atoms with E-state index >= 15 is 0 Å². The average molecular weight is 196 g/mol. The van der Waals surface area contributed by atoms with E-state index in [9.17, 15) is 4.79 Å². The van der Waals surface area contributed by atoms with E-state index in [4.69, 9.17) is 4.74 Å². The van der Waals surface area contributed by atoms with Crippen molar-refractivity contribution in [1.29, 1.82) is 0 Å². The molecule has 0 bridgehead atoms. The quantitative estimate of drug-likeness (QED) is 0.413. The van der Waals surface area contributed by atoms with E-state index in [1.54, 1.807) is 11.8 Å². The van der Waals surface area contributed by atoms with Gasteiger partial charge in [0.25, 0.3) is 0 Å². The summed E-state index contributed by atoms with van der Waals surface area (Å²) in [6, 6.07) is 5.83. The maximum atomic E-state index is 10.7. The fourth-order valence-electron chi connectivity index (χ4n) is 0.972. The van der Waals surface area contributed by atoms with Gasteiger partial charge in [0, 0.05) is 11.8 Å². The number of aryl methyl sites for hydroxylation is 1. The van der Waals surface area contributed by atoms with Crippen LogP contribution in [0.15, 0.2) is 23.1 Å². The Morgan fingerprint density at radius 1 is 1.46 bits per heavy atom. The summed E-state index contributed by atoms with van der Waals surface area (Å²) >= 11 is 1.63. The molecule has 0 radical (unpaired) electrons. The maximum absolute atomic E-state index is 10.7. The second-order valence-corrected chi connectivity index (χ2v) is 3.60. The Bertz CT molecular complexity index is 321. The van der Waals surface area contributed by atoms with Crippen molar-refractivity contribution in [3.63, 3.8) is 0 Å². The molecule has 70 valence electrons. The summed E-state index contributed by atoms with van der Waals surface area (Å²) in [6.07, 6.45) is 1.99. The van der Waals surface area contributed by atoms with E-state index < -0.39 is 0 Å². The summed E-state index contributed by atoms with van der Waals surface area (Å²) in [5, 5.41) is 0. The Morgan fingerprint density at radius 2 is 2.15 bits per heavy atom. The third-order valence-electron chi connectivity index (χ3n) is 1.65. The van der Waals surface area contributed by atoms with Gasteiger partial charge in [-0.05, 0) is 30.9 Å². The third kappa shape index (κ3) is 2.77. The van der Waals surface area contributed by atoms with Crippen molar-refractivity contribution in [2.24, 2.45) is 0 Å². The predicted octanol–water partition coefficient (Wildman–Crippen LogP) is 2.64. The number of rotatable bonds is 2. The van der Waals surface area contributed by atoms with Crippen LogP contribution >= 0.6 is 11.8 Å². The maximum Gasteiger partial charge on any atom is 0.308 e. The zero-order chi connectivity index (χ0) is 9.84. The highest BCUT2D eigenvalue weighted by Crippen LogP contribution is 2.24. The molecule has 0 atom stereocenters. The molecular weight excluding hydrogens is 184 g/mol. The van der Waals surface area contributed by atoms with Crippen molar-refractivity contribution in [2.75, 3.05) is 6.26 Å². The first-order valence-electron chi connectivity index (χ1n) is 3.96. The lowest BCUT2D eigenvalue weighted by atomic mass is 10.2. The summed E-state index contributed by atoms with van der Waals surface area (Å²) in [6.45, 7) is 3.33. The number of carbonyl (C=O) groups excluding carboxylic acids is 1. The first-order chi connectivity index (χ1) is 6.13. The Kier molecular flexibility index (Phi) is 3.37. The van der Waals surface area contributed by atoms with Crippen molar-refractivity contribution in [1.82, 2.24) is 0 Å². The second-order valence-electron chi connectivity index (χ2n) is 2.73. The highest BCUT2D eigenvalue weighted by molar-refractivity contribution is 7.98. The van der Waals surface area contributed by atoms with Crippen LogP contribution < -0.4 is 4.74 Å². The fourth-order valence-corrected chi connectivity index (χ4v) is 1.40. The highest BCUT2D eigenvalue weighted by Gasteiger charge is 2.03. The van der Waals surface area contributed by atoms with Gasteiger partial charge in [-0.3, -0.25) is 4.79 Å². The van der Waals surface area contributed by atoms with Gasteiger partial charge in [0.2, 0.25) is 0 Å². The molecule has 0 saturated carbocycles. The minimum Gasteiger partial charge on any atom is -0.426 e. The molecule has 0 saturated heterocycles. The largest absolute Gasteiger partial charge is 0.426 e. The standard InChI is InChI=1S/C10H12O2S/c1-7-4-5-9(13-3)6-10(7)12-8(2)11/h4-6H,1-3H3. The molecule has 0 amide bonds. The zero-order valence-corrected chi connectivity index (χ0v) is 8.77. The third-order valence-corrected chi connectivity index (χ3v) is 2.37. The predicted molar refractivity (Wildman–Crippen MR) is 54.3 cm³/mol. The number of ether oxygens (including phenoxy) is 1. The first-order valence-corrected chi connectivity index (χ1v) is 5.19. The molecule has 3 heteroatoms. The van der Waals surface area contributed by atoms with E-state index in [0.29, 0.717) is 5.75 Å². The van der Waals surface area contributed by atoms with Gasteiger partial charge in [0.1, 0.15) is 5.75 Å². The van der Waals surface area contributed by atoms with Crippen molar-refractivity contribution in [3.8, 4) is 5.75 Å². The van der Waals surface area contributed by atoms with Crippen molar-refractivity contribution < 1.29 is 9.53 Å². The number of hydrogen-bond donors (Lipinski definition) is 0. The van der Waals surface area contributed by atoms with E-state index in [2.05, 4.69) is 0 Å². The first kappa shape index (κ1) is 10.1. The number of benzene rings is 1. The molecule has 1 rings (SSSR count). The van der Waals surface area contributed by atoms with Crippen LogP contribution in [0.25, 0.3) is 0 Å². The van der Waals surface area contributed by atoms with Crippen LogP contribution in [-0.2, 0) is 4.79 Å². The van der Waals surface area contributed by atoms with Crippen LogP contribution in [0.3, 0.4) is 0 Å². The van der Waals surface area contributed by atoms with Crippen LogP contribution in [0, 0.1) is 6.92 Å². The Labute approximate surface area is 82.3 Å². The van der Waals surface area contributed by atoms with E-state index in [1.165, 1.54) is 6.92 Å². The Balaban J connectivity index is 2.96. The van der Waals surface area contributed by atoms with Gasteiger partial charge in [0.15, 0.2) is 0 Å². The van der Waals surface area contributed by atoms with Gasteiger partial charge >= 0.3 is 5.97 Å². The molecule has 1 aromatic rings. The van der Waals surface area contributed by atoms with Crippen LogP contribution in [0.1, 0.15) is 12.5 Å².